The molecule has 1 aliphatic rings. The number of hydrogen-bond acceptors (Lipinski definition) is 2. The van der Waals surface area contributed by atoms with Crippen LogP contribution in [0.5, 0.6) is 0 Å². The summed E-state index contributed by atoms with van der Waals surface area (Å²) in [4.78, 5) is 11.4. The highest BCUT2D eigenvalue weighted by Gasteiger charge is 2.36. The van der Waals surface area contributed by atoms with Gasteiger partial charge in [0.05, 0.1) is 6.54 Å². The van der Waals surface area contributed by atoms with Gasteiger partial charge >= 0.3 is 0 Å². The maximum absolute atomic E-state index is 11.4. The second-order valence-electron chi connectivity index (χ2n) is 4.49. The zero-order valence-corrected chi connectivity index (χ0v) is 9.47. The molecule has 0 aliphatic heterocycles. The molecule has 0 heterocycles. The Morgan fingerprint density at radius 3 is 2.79 bits per heavy atom. The summed E-state index contributed by atoms with van der Waals surface area (Å²) < 4.78 is 0. The Morgan fingerprint density at radius 2 is 2.21 bits per heavy atom. The number of carbonyl (C=O) groups excluding carboxylic acids is 1. The van der Waals surface area contributed by atoms with Crippen LogP contribution in [0.2, 0.25) is 0 Å². The lowest BCUT2D eigenvalue weighted by Gasteiger charge is -2.08. The normalized spacial score (nSPS) is 25.1. The van der Waals surface area contributed by atoms with Gasteiger partial charge in [0.25, 0.3) is 0 Å². The van der Waals surface area contributed by atoms with Gasteiger partial charge in [-0.05, 0) is 18.8 Å². The van der Waals surface area contributed by atoms with E-state index >= 15 is 0 Å². The van der Waals surface area contributed by atoms with E-state index in [9.17, 15) is 4.79 Å². The number of rotatable bonds is 6. The fourth-order valence-corrected chi connectivity index (χ4v) is 1.67. The summed E-state index contributed by atoms with van der Waals surface area (Å²) >= 11 is 0. The first-order chi connectivity index (χ1) is 6.63. The van der Waals surface area contributed by atoms with Crippen molar-refractivity contribution in [1.82, 2.24) is 10.6 Å². The first kappa shape index (κ1) is 11.5. The van der Waals surface area contributed by atoms with Gasteiger partial charge in [-0.15, -0.1) is 0 Å². The van der Waals surface area contributed by atoms with Crippen LogP contribution in [0.25, 0.3) is 0 Å². The minimum absolute atomic E-state index is 0.141. The van der Waals surface area contributed by atoms with Crippen molar-refractivity contribution in [2.24, 2.45) is 5.92 Å². The zero-order chi connectivity index (χ0) is 10.6. The van der Waals surface area contributed by atoms with Crippen molar-refractivity contribution in [3.63, 3.8) is 0 Å². The van der Waals surface area contributed by atoms with Gasteiger partial charge in [0, 0.05) is 12.1 Å². The molecule has 0 aromatic carbocycles. The lowest BCUT2D eigenvalue weighted by atomic mass is 10.2. The largest absolute Gasteiger partial charge is 0.352 e. The molecule has 0 aromatic heterocycles. The van der Waals surface area contributed by atoms with Crippen molar-refractivity contribution in [3.8, 4) is 0 Å². The zero-order valence-electron chi connectivity index (χ0n) is 9.47. The molecule has 2 N–H and O–H groups in total. The molecule has 3 nitrogen and oxygen atoms in total. The molecule has 0 radical (unpaired) electrons. The smallest absolute Gasteiger partial charge is 0.234 e. The fraction of sp³-hybridized carbons (Fsp3) is 0.909. The highest BCUT2D eigenvalue weighted by Crippen LogP contribution is 2.34. The third-order valence-electron chi connectivity index (χ3n) is 2.60. The van der Waals surface area contributed by atoms with Gasteiger partial charge in [0.15, 0.2) is 0 Å². The number of nitrogens with one attached hydrogen (secondary N) is 2. The second-order valence-corrected chi connectivity index (χ2v) is 4.49. The Balaban J connectivity index is 2.05. The summed E-state index contributed by atoms with van der Waals surface area (Å²) in [5, 5.41) is 6.16. The Morgan fingerprint density at radius 1 is 1.50 bits per heavy atom. The minimum atomic E-state index is 0.141. The third-order valence-corrected chi connectivity index (χ3v) is 2.60. The average molecular weight is 198 g/mol. The van der Waals surface area contributed by atoms with E-state index in [0.717, 1.165) is 5.92 Å². The molecule has 82 valence electrons. The highest BCUT2D eigenvalue weighted by molar-refractivity contribution is 5.78. The Hall–Kier alpha value is -0.570. The molecule has 1 aliphatic carbocycles. The Labute approximate surface area is 86.6 Å². The first-order valence-electron chi connectivity index (χ1n) is 5.66. The molecular weight excluding hydrogens is 176 g/mol. The quantitative estimate of drug-likeness (QED) is 0.675. The van der Waals surface area contributed by atoms with Gasteiger partial charge in [0.1, 0.15) is 0 Å². The maximum atomic E-state index is 11.4. The van der Waals surface area contributed by atoms with Crippen LogP contribution in [0.15, 0.2) is 0 Å². The van der Waals surface area contributed by atoms with Crippen molar-refractivity contribution in [1.29, 1.82) is 0 Å². The average Bonchev–Trinajstić information content (AvgIpc) is 2.81. The van der Waals surface area contributed by atoms with Crippen LogP contribution in [-0.4, -0.2) is 24.5 Å². The maximum Gasteiger partial charge on any atom is 0.234 e. The summed E-state index contributed by atoms with van der Waals surface area (Å²) in [5.41, 5.74) is 0. The monoisotopic (exact) mass is 198 g/mol. The van der Waals surface area contributed by atoms with Crippen LogP contribution in [0.4, 0.5) is 0 Å². The number of hydrogen-bond donors (Lipinski definition) is 2. The minimum Gasteiger partial charge on any atom is -0.352 e. The topological polar surface area (TPSA) is 41.1 Å². The van der Waals surface area contributed by atoms with Crippen LogP contribution in [0.3, 0.4) is 0 Å². The Bertz CT molecular complexity index is 192. The van der Waals surface area contributed by atoms with Gasteiger partial charge < -0.3 is 10.6 Å². The lowest BCUT2D eigenvalue weighted by Crippen LogP contribution is -2.38. The molecule has 1 amide bonds. The van der Waals surface area contributed by atoms with Gasteiger partial charge in [0.2, 0.25) is 5.91 Å². The molecule has 0 aromatic rings. The Kier molecular flexibility index (Phi) is 4.39. The predicted molar refractivity (Wildman–Crippen MR) is 58.1 cm³/mol. The molecule has 3 heteroatoms. The van der Waals surface area contributed by atoms with Gasteiger partial charge in [-0.2, -0.15) is 0 Å². The fourth-order valence-electron chi connectivity index (χ4n) is 1.67. The second kappa shape index (κ2) is 5.35. The van der Waals surface area contributed by atoms with Gasteiger partial charge in [-0.3, -0.25) is 4.79 Å². The van der Waals surface area contributed by atoms with E-state index in [1.807, 2.05) is 13.8 Å². The molecule has 2 atom stereocenters. The van der Waals surface area contributed by atoms with Crippen LogP contribution >= 0.6 is 0 Å². The molecule has 1 fully saturated rings. The molecule has 0 saturated heterocycles. The van der Waals surface area contributed by atoms with Crippen molar-refractivity contribution in [2.45, 2.75) is 52.1 Å². The molecule has 0 bridgehead atoms. The highest BCUT2D eigenvalue weighted by atomic mass is 16.2. The van der Waals surface area contributed by atoms with Gasteiger partial charge in [-0.25, -0.2) is 0 Å². The number of amides is 1. The number of carbonyl (C=O) groups is 1. The third kappa shape index (κ3) is 4.09. The van der Waals surface area contributed by atoms with Crippen molar-refractivity contribution >= 4 is 5.91 Å². The van der Waals surface area contributed by atoms with Crippen molar-refractivity contribution in [2.75, 3.05) is 6.54 Å². The van der Waals surface area contributed by atoms with Crippen molar-refractivity contribution in [3.05, 3.63) is 0 Å². The standard InChI is InChI=1S/C11H22N2O/c1-4-5-9-6-10(9)13-11(14)7-12-8(2)3/h8-10,12H,4-7H2,1-3H3,(H,13,14). The lowest BCUT2D eigenvalue weighted by molar-refractivity contribution is -0.120. The summed E-state index contributed by atoms with van der Waals surface area (Å²) in [6.45, 7) is 6.74. The molecular formula is C11H22N2O. The van der Waals surface area contributed by atoms with E-state index in [2.05, 4.69) is 17.6 Å². The van der Waals surface area contributed by atoms with E-state index in [1.165, 1.54) is 19.3 Å². The van der Waals surface area contributed by atoms with E-state index in [0.29, 0.717) is 18.6 Å². The molecule has 1 rings (SSSR count). The predicted octanol–water partition coefficient (Wildman–Crippen LogP) is 1.29. The molecule has 0 spiro atoms. The molecule has 1 saturated carbocycles. The van der Waals surface area contributed by atoms with Gasteiger partial charge in [-0.1, -0.05) is 27.2 Å². The van der Waals surface area contributed by atoms with Crippen LogP contribution in [0.1, 0.15) is 40.0 Å². The van der Waals surface area contributed by atoms with E-state index in [4.69, 9.17) is 0 Å². The van der Waals surface area contributed by atoms with Crippen molar-refractivity contribution < 1.29 is 4.79 Å². The molecule has 14 heavy (non-hydrogen) atoms. The van der Waals surface area contributed by atoms with E-state index in [1.54, 1.807) is 0 Å². The van der Waals surface area contributed by atoms with E-state index in [-0.39, 0.29) is 5.91 Å². The summed E-state index contributed by atoms with van der Waals surface area (Å²) in [5.74, 6) is 0.894. The first-order valence-corrected chi connectivity index (χ1v) is 5.66. The summed E-state index contributed by atoms with van der Waals surface area (Å²) in [7, 11) is 0. The van der Waals surface area contributed by atoms with Crippen LogP contribution in [-0.2, 0) is 4.79 Å². The molecule has 2 unspecified atom stereocenters. The summed E-state index contributed by atoms with van der Waals surface area (Å²) in [6, 6.07) is 0.850. The van der Waals surface area contributed by atoms with Crippen LogP contribution < -0.4 is 10.6 Å². The summed E-state index contributed by atoms with van der Waals surface area (Å²) in [6.07, 6.45) is 3.66. The van der Waals surface area contributed by atoms with E-state index < -0.39 is 0 Å². The van der Waals surface area contributed by atoms with Crippen LogP contribution in [0, 0.1) is 5.92 Å². The SMILES string of the molecule is CCCC1CC1NC(=O)CNC(C)C.